The molecule has 2 heterocycles. The molecule has 0 aliphatic heterocycles. The maximum atomic E-state index is 9.89. The highest BCUT2D eigenvalue weighted by Gasteiger charge is 2.10. The number of ether oxygens (including phenoxy) is 2. The SMILES string of the molecule is CC(C)NCC(O)COc1ccccc1-n1cccc1.CC(C)NCC(O)COc1ccccc1-n1cccc1.O=C(O)C=CC(=O)O. The van der Waals surface area contributed by atoms with Crippen molar-refractivity contribution in [2.75, 3.05) is 26.3 Å². The van der Waals surface area contributed by atoms with E-state index in [0.717, 1.165) is 22.9 Å². The molecule has 2 unspecified atom stereocenters. The van der Waals surface area contributed by atoms with Gasteiger partial charge in [0.2, 0.25) is 0 Å². The van der Waals surface area contributed by atoms with E-state index in [9.17, 15) is 19.8 Å². The van der Waals surface area contributed by atoms with Crippen LogP contribution in [0, 0.1) is 0 Å². The van der Waals surface area contributed by atoms with Gasteiger partial charge in [-0.15, -0.1) is 0 Å². The van der Waals surface area contributed by atoms with Crippen molar-refractivity contribution in [3.8, 4) is 22.9 Å². The highest BCUT2D eigenvalue weighted by atomic mass is 16.5. The number of nitrogens with one attached hydrogen (secondary N) is 2. The fourth-order valence-electron chi connectivity index (χ4n) is 3.95. The average Bonchev–Trinajstić information content (AvgIpc) is 3.80. The third-order valence-corrected chi connectivity index (χ3v) is 6.25. The molecule has 2 atom stereocenters. The summed E-state index contributed by atoms with van der Waals surface area (Å²) >= 11 is 0. The van der Waals surface area contributed by atoms with E-state index in [4.69, 9.17) is 19.7 Å². The van der Waals surface area contributed by atoms with Gasteiger partial charge in [-0.05, 0) is 48.5 Å². The molecule has 0 spiro atoms. The fourth-order valence-corrected chi connectivity index (χ4v) is 3.95. The quantitative estimate of drug-likeness (QED) is 0.0959. The summed E-state index contributed by atoms with van der Waals surface area (Å²) in [4.78, 5) is 19.1. The van der Waals surface area contributed by atoms with Gasteiger partial charge in [-0.1, -0.05) is 52.0 Å². The monoisotopic (exact) mass is 664 g/mol. The van der Waals surface area contributed by atoms with E-state index in [-0.39, 0.29) is 13.2 Å². The minimum atomic E-state index is -1.26. The number of para-hydroxylation sites is 4. The maximum absolute atomic E-state index is 9.89. The number of carbonyl (C=O) groups is 2. The first-order valence-corrected chi connectivity index (χ1v) is 15.6. The zero-order valence-electron chi connectivity index (χ0n) is 27.8. The molecule has 2 aromatic heterocycles. The van der Waals surface area contributed by atoms with E-state index < -0.39 is 24.1 Å². The van der Waals surface area contributed by atoms with Gasteiger partial charge in [0.25, 0.3) is 0 Å². The molecule has 0 aliphatic carbocycles. The Hall–Kier alpha value is -4.88. The molecule has 48 heavy (non-hydrogen) atoms. The summed E-state index contributed by atoms with van der Waals surface area (Å²) in [6.07, 6.45) is 7.96. The Morgan fingerprint density at radius 1 is 0.625 bits per heavy atom. The van der Waals surface area contributed by atoms with Crippen molar-refractivity contribution in [2.45, 2.75) is 52.0 Å². The van der Waals surface area contributed by atoms with Crippen LogP contribution >= 0.6 is 0 Å². The molecule has 4 rings (SSSR count). The molecule has 0 amide bonds. The lowest BCUT2D eigenvalue weighted by atomic mass is 10.3. The molecule has 0 fully saturated rings. The second-order valence-corrected chi connectivity index (χ2v) is 11.2. The highest BCUT2D eigenvalue weighted by Crippen LogP contribution is 2.23. The average molecular weight is 665 g/mol. The molecule has 260 valence electrons. The summed E-state index contributed by atoms with van der Waals surface area (Å²) in [5, 5.41) is 41.8. The smallest absolute Gasteiger partial charge is 0.328 e. The van der Waals surface area contributed by atoms with Crippen LogP contribution in [0.5, 0.6) is 11.5 Å². The number of hydrogen-bond donors (Lipinski definition) is 6. The van der Waals surface area contributed by atoms with Gasteiger partial charge in [-0.3, -0.25) is 0 Å². The van der Waals surface area contributed by atoms with Gasteiger partial charge < -0.3 is 49.7 Å². The van der Waals surface area contributed by atoms with Gasteiger partial charge in [0.1, 0.15) is 36.9 Å². The first kappa shape index (κ1) is 39.3. The summed E-state index contributed by atoms with van der Waals surface area (Å²) in [6, 6.07) is 24.2. The largest absolute Gasteiger partial charge is 0.489 e. The number of aliphatic hydroxyl groups excluding tert-OH is 2. The van der Waals surface area contributed by atoms with E-state index in [1.165, 1.54) is 0 Å². The molecule has 12 nitrogen and oxygen atoms in total. The standard InChI is InChI=1S/2C16H22N2O2.C4H4O4/c2*1-13(2)17-11-14(19)12-20-16-8-4-3-7-15(16)18-9-5-6-10-18;5-3(6)1-2-4(7)8/h2*3-10,13-14,17,19H,11-12H2,1-2H3;1-2H,(H,5,6)(H,7,8). The van der Waals surface area contributed by atoms with Crippen molar-refractivity contribution in [3.63, 3.8) is 0 Å². The van der Waals surface area contributed by atoms with E-state index in [2.05, 4.69) is 38.3 Å². The number of hydrogen-bond acceptors (Lipinski definition) is 8. The molecule has 0 radical (unpaired) electrons. The predicted molar refractivity (Wildman–Crippen MR) is 185 cm³/mol. The Kier molecular flexibility index (Phi) is 17.9. The molecular weight excluding hydrogens is 616 g/mol. The molecule has 0 saturated heterocycles. The highest BCUT2D eigenvalue weighted by molar-refractivity contribution is 5.89. The Balaban J connectivity index is 0.000000274. The first-order valence-electron chi connectivity index (χ1n) is 15.6. The topological polar surface area (TPSA) is 167 Å². The Morgan fingerprint density at radius 3 is 1.27 bits per heavy atom. The summed E-state index contributed by atoms with van der Waals surface area (Å²) in [6.45, 7) is 9.82. The number of carboxylic acids is 2. The lowest BCUT2D eigenvalue weighted by molar-refractivity contribution is -0.134. The van der Waals surface area contributed by atoms with Gasteiger partial charge in [0, 0.05) is 62.1 Å². The summed E-state index contributed by atoms with van der Waals surface area (Å²) in [5.41, 5.74) is 1.95. The molecule has 0 saturated carbocycles. The number of aromatic nitrogens is 2. The molecule has 6 N–H and O–H groups in total. The van der Waals surface area contributed by atoms with Gasteiger partial charge in [-0.25, -0.2) is 9.59 Å². The number of carboxylic acid groups (broad SMARTS) is 2. The number of nitrogens with zero attached hydrogens (tertiary/aromatic N) is 2. The minimum Gasteiger partial charge on any atom is -0.489 e. The van der Waals surface area contributed by atoms with Gasteiger partial charge in [0.05, 0.1) is 11.4 Å². The van der Waals surface area contributed by atoms with Crippen molar-refractivity contribution < 1.29 is 39.5 Å². The van der Waals surface area contributed by atoms with Crippen molar-refractivity contribution in [1.29, 1.82) is 0 Å². The van der Waals surface area contributed by atoms with Crippen LogP contribution in [0.3, 0.4) is 0 Å². The van der Waals surface area contributed by atoms with Gasteiger partial charge in [0.15, 0.2) is 0 Å². The molecule has 0 bridgehead atoms. The molecule has 2 aromatic carbocycles. The van der Waals surface area contributed by atoms with Crippen LogP contribution in [0.1, 0.15) is 27.7 Å². The Labute approximate surface area is 281 Å². The predicted octanol–water partition coefficient (Wildman–Crippen LogP) is 4.14. The lowest BCUT2D eigenvalue weighted by Gasteiger charge is -2.17. The number of rotatable bonds is 16. The number of aliphatic hydroxyl groups is 2. The lowest BCUT2D eigenvalue weighted by Crippen LogP contribution is -2.35. The minimum absolute atomic E-state index is 0.276. The Morgan fingerprint density at radius 2 is 0.958 bits per heavy atom. The maximum Gasteiger partial charge on any atom is 0.328 e. The third kappa shape index (κ3) is 16.1. The zero-order valence-corrected chi connectivity index (χ0v) is 27.8. The second kappa shape index (κ2) is 21.8. The summed E-state index contributed by atoms with van der Waals surface area (Å²) < 4.78 is 15.5. The van der Waals surface area contributed by atoms with Crippen molar-refractivity contribution in [1.82, 2.24) is 19.8 Å². The van der Waals surface area contributed by atoms with E-state index in [1.54, 1.807) is 0 Å². The van der Waals surface area contributed by atoms with E-state index >= 15 is 0 Å². The molecule has 4 aromatic rings. The Bertz CT molecular complexity index is 1380. The number of benzene rings is 2. The van der Waals surface area contributed by atoms with Crippen LogP contribution in [0.25, 0.3) is 11.4 Å². The van der Waals surface area contributed by atoms with Crippen LogP contribution in [-0.2, 0) is 9.59 Å². The van der Waals surface area contributed by atoms with Crippen LogP contribution in [0.15, 0.2) is 110 Å². The van der Waals surface area contributed by atoms with Crippen LogP contribution < -0.4 is 20.1 Å². The van der Waals surface area contributed by atoms with Crippen molar-refractivity contribution >= 4 is 11.9 Å². The van der Waals surface area contributed by atoms with Crippen LogP contribution in [0.4, 0.5) is 0 Å². The van der Waals surface area contributed by atoms with Crippen molar-refractivity contribution in [2.24, 2.45) is 0 Å². The summed E-state index contributed by atoms with van der Waals surface area (Å²) in [5.74, 6) is -0.973. The number of aliphatic carboxylic acids is 2. The summed E-state index contributed by atoms with van der Waals surface area (Å²) in [7, 11) is 0. The second-order valence-electron chi connectivity index (χ2n) is 11.2. The fraction of sp³-hybridized carbons (Fsp3) is 0.333. The molecule has 12 heteroatoms. The normalized spacial score (nSPS) is 12.1. The van der Waals surface area contributed by atoms with Crippen molar-refractivity contribution in [3.05, 3.63) is 110 Å². The van der Waals surface area contributed by atoms with Gasteiger partial charge in [-0.2, -0.15) is 0 Å². The molecule has 0 aliphatic rings. The van der Waals surface area contributed by atoms with E-state index in [1.807, 2.05) is 107 Å². The van der Waals surface area contributed by atoms with Crippen LogP contribution in [0.2, 0.25) is 0 Å². The molecular formula is C36H48N4O8. The van der Waals surface area contributed by atoms with Gasteiger partial charge >= 0.3 is 11.9 Å². The van der Waals surface area contributed by atoms with Crippen LogP contribution in [-0.4, -0.2) is 92.1 Å². The third-order valence-electron chi connectivity index (χ3n) is 6.25. The van der Waals surface area contributed by atoms with E-state index in [0.29, 0.717) is 37.3 Å². The first-order chi connectivity index (χ1) is 23.0. The zero-order chi connectivity index (χ0) is 35.3.